The maximum Gasteiger partial charge on any atom is 0.509 e. The van der Waals surface area contributed by atoms with E-state index in [4.69, 9.17) is 10.00 Å². The maximum atomic E-state index is 11.5. The summed E-state index contributed by atoms with van der Waals surface area (Å²) in [6, 6.07) is 12.1. The molecule has 1 aromatic carbocycles. The molecule has 1 aromatic rings. The fourth-order valence-corrected chi connectivity index (χ4v) is 2.16. The summed E-state index contributed by atoms with van der Waals surface area (Å²) in [6.45, 7) is 4.02. The minimum atomic E-state index is -0.734. The molecule has 0 fully saturated rings. The average molecular weight is 313 g/mol. The molecule has 23 heavy (non-hydrogen) atoms. The van der Waals surface area contributed by atoms with E-state index in [1.54, 1.807) is 0 Å². The van der Waals surface area contributed by atoms with Gasteiger partial charge in [0, 0.05) is 18.3 Å². The van der Waals surface area contributed by atoms with Gasteiger partial charge in [0.25, 0.3) is 0 Å². The van der Waals surface area contributed by atoms with Crippen LogP contribution in [0.1, 0.15) is 38.7 Å². The zero-order valence-corrected chi connectivity index (χ0v) is 14.0. The second-order valence-corrected chi connectivity index (χ2v) is 5.94. The number of nitriles is 1. The summed E-state index contributed by atoms with van der Waals surface area (Å²) in [4.78, 5) is 11.5. The molecule has 0 saturated heterocycles. The van der Waals surface area contributed by atoms with Gasteiger partial charge in [-0.25, -0.2) is 4.79 Å². The van der Waals surface area contributed by atoms with Crippen molar-refractivity contribution in [1.82, 2.24) is 0 Å². The normalized spacial score (nSPS) is 11.6. The number of hydrogen-bond acceptors (Lipinski definition) is 4. The molecule has 0 amide bonds. The van der Waals surface area contributed by atoms with Gasteiger partial charge in [-0.1, -0.05) is 56.0 Å². The zero-order valence-electron chi connectivity index (χ0n) is 14.0. The van der Waals surface area contributed by atoms with Crippen LogP contribution in [0.15, 0.2) is 30.3 Å². The highest BCUT2D eigenvalue weighted by Crippen LogP contribution is 2.28. The third kappa shape index (κ3) is 6.89. The van der Waals surface area contributed by atoms with E-state index in [0.29, 0.717) is 19.3 Å². The first-order chi connectivity index (χ1) is 11.0. The van der Waals surface area contributed by atoms with Crippen LogP contribution in [0.3, 0.4) is 0 Å². The second-order valence-electron chi connectivity index (χ2n) is 5.94. The molecule has 0 aliphatic carbocycles. The number of ether oxygens (including phenoxy) is 2. The van der Waals surface area contributed by atoms with E-state index >= 15 is 0 Å². The highest BCUT2D eigenvalue weighted by molar-refractivity contribution is 5.60. The molecule has 0 aliphatic rings. The Morgan fingerprint density at radius 2 is 1.96 bits per heavy atom. The molecule has 122 valence electrons. The third-order valence-corrected chi connectivity index (χ3v) is 3.42. The van der Waals surface area contributed by atoms with Gasteiger partial charge >= 0.3 is 6.16 Å². The molecule has 0 spiro atoms. The van der Waals surface area contributed by atoms with Gasteiger partial charge in [0.05, 0.1) is 13.2 Å². The van der Waals surface area contributed by atoms with Crippen LogP contribution in [0.25, 0.3) is 0 Å². The van der Waals surface area contributed by atoms with Crippen molar-refractivity contribution in [1.29, 1.82) is 5.26 Å². The molecule has 0 aliphatic heterocycles. The molecular formula is C19H23NO3. The lowest BCUT2D eigenvalue weighted by Gasteiger charge is -2.30. The minimum Gasteiger partial charge on any atom is -0.438 e. The predicted octanol–water partition coefficient (Wildman–Crippen LogP) is 4.10. The van der Waals surface area contributed by atoms with Crippen LogP contribution < -0.4 is 0 Å². The molecule has 1 rings (SSSR count). The van der Waals surface area contributed by atoms with Crippen LogP contribution in [-0.2, 0) is 15.9 Å². The molecule has 0 bridgehead atoms. The van der Waals surface area contributed by atoms with Crippen molar-refractivity contribution in [2.75, 3.05) is 7.11 Å². The monoisotopic (exact) mass is 313 g/mol. The van der Waals surface area contributed by atoms with E-state index in [1.165, 1.54) is 7.11 Å². The molecule has 4 heteroatoms. The SMILES string of the molecule is COC(=O)OC(C#CCCCC#N)C(C)(C)Cc1ccccc1. The molecule has 4 nitrogen and oxygen atoms in total. The van der Waals surface area contributed by atoms with Gasteiger partial charge < -0.3 is 9.47 Å². The summed E-state index contributed by atoms with van der Waals surface area (Å²) in [5.41, 5.74) is 0.792. The average Bonchev–Trinajstić information content (AvgIpc) is 2.53. The van der Waals surface area contributed by atoms with Crippen LogP contribution >= 0.6 is 0 Å². The first kappa shape index (κ1) is 18.6. The van der Waals surface area contributed by atoms with E-state index < -0.39 is 12.3 Å². The Hall–Kier alpha value is -2.46. The van der Waals surface area contributed by atoms with Crippen molar-refractivity contribution in [3.8, 4) is 17.9 Å². The van der Waals surface area contributed by atoms with Gasteiger partial charge in [-0.15, -0.1) is 0 Å². The summed E-state index contributed by atoms with van der Waals surface area (Å²) < 4.78 is 9.94. The van der Waals surface area contributed by atoms with Gasteiger partial charge in [0.2, 0.25) is 0 Å². The Balaban J connectivity index is 2.83. The zero-order chi connectivity index (χ0) is 17.1. The lowest BCUT2D eigenvalue weighted by Crippen LogP contribution is -2.34. The maximum absolute atomic E-state index is 11.5. The summed E-state index contributed by atoms with van der Waals surface area (Å²) >= 11 is 0. The van der Waals surface area contributed by atoms with Crippen LogP contribution in [0, 0.1) is 28.6 Å². The number of nitrogens with zero attached hydrogens (tertiary/aromatic N) is 1. The first-order valence-electron chi connectivity index (χ1n) is 7.63. The van der Waals surface area contributed by atoms with Crippen molar-refractivity contribution < 1.29 is 14.3 Å². The first-order valence-corrected chi connectivity index (χ1v) is 7.63. The van der Waals surface area contributed by atoms with E-state index in [0.717, 1.165) is 12.0 Å². The largest absolute Gasteiger partial charge is 0.509 e. The van der Waals surface area contributed by atoms with Crippen LogP contribution in [-0.4, -0.2) is 19.4 Å². The van der Waals surface area contributed by atoms with Gasteiger partial charge in [-0.2, -0.15) is 5.26 Å². The number of carbonyl (C=O) groups excluding carboxylic acids is 1. The number of benzene rings is 1. The number of unbranched alkanes of at least 4 members (excludes halogenated alkanes) is 2. The molecule has 0 radical (unpaired) electrons. The number of rotatable bonds is 6. The smallest absolute Gasteiger partial charge is 0.438 e. The van der Waals surface area contributed by atoms with E-state index in [2.05, 4.69) is 22.6 Å². The summed E-state index contributed by atoms with van der Waals surface area (Å²) in [7, 11) is 1.28. The molecule has 0 heterocycles. The van der Waals surface area contributed by atoms with Gasteiger partial charge in [0.1, 0.15) is 0 Å². The quantitative estimate of drug-likeness (QED) is 0.450. The standard InChI is InChI=1S/C19H23NO3/c1-19(2,15-16-11-7-6-8-12-16)17(23-18(21)22-3)13-9-4-5-10-14-20/h6-8,11-12,17H,4-5,10,15H2,1-3H3. The molecule has 1 atom stereocenters. The molecule has 1 unspecified atom stereocenters. The fraction of sp³-hybridized carbons (Fsp3) is 0.474. The van der Waals surface area contributed by atoms with E-state index in [-0.39, 0.29) is 5.41 Å². The minimum absolute atomic E-state index is 0.363. The lowest BCUT2D eigenvalue weighted by atomic mass is 9.80. The Bertz CT molecular complexity index is 591. The van der Waals surface area contributed by atoms with Gasteiger partial charge in [0.15, 0.2) is 6.10 Å². The highest BCUT2D eigenvalue weighted by Gasteiger charge is 2.32. The Morgan fingerprint density at radius 3 is 2.57 bits per heavy atom. The van der Waals surface area contributed by atoms with Crippen LogP contribution in [0.5, 0.6) is 0 Å². The highest BCUT2D eigenvalue weighted by atomic mass is 16.7. The van der Waals surface area contributed by atoms with Crippen molar-refractivity contribution in [2.45, 2.75) is 45.6 Å². The number of methoxy groups -OCH3 is 1. The topological polar surface area (TPSA) is 59.3 Å². The summed E-state index contributed by atoms with van der Waals surface area (Å²) in [5, 5.41) is 8.53. The van der Waals surface area contributed by atoms with Crippen molar-refractivity contribution >= 4 is 6.16 Å². The number of hydrogen-bond donors (Lipinski definition) is 0. The summed E-state index contributed by atoms with van der Waals surface area (Å²) in [6.07, 6.45) is 1.22. The van der Waals surface area contributed by atoms with E-state index in [1.807, 2.05) is 44.2 Å². The third-order valence-electron chi connectivity index (χ3n) is 3.42. The Morgan fingerprint density at radius 1 is 1.26 bits per heavy atom. The Labute approximate surface area is 138 Å². The molecule has 0 N–H and O–H groups in total. The van der Waals surface area contributed by atoms with Crippen molar-refractivity contribution in [3.05, 3.63) is 35.9 Å². The second kappa shape index (κ2) is 9.54. The molecular weight excluding hydrogens is 290 g/mol. The van der Waals surface area contributed by atoms with Crippen molar-refractivity contribution in [2.24, 2.45) is 5.41 Å². The van der Waals surface area contributed by atoms with Crippen LogP contribution in [0.4, 0.5) is 4.79 Å². The lowest BCUT2D eigenvalue weighted by molar-refractivity contribution is 0.0131. The molecule has 0 aromatic heterocycles. The van der Waals surface area contributed by atoms with Crippen molar-refractivity contribution in [3.63, 3.8) is 0 Å². The summed E-state index contributed by atoms with van der Waals surface area (Å²) in [5.74, 6) is 6.03. The predicted molar refractivity (Wildman–Crippen MR) is 88.4 cm³/mol. The van der Waals surface area contributed by atoms with Crippen LogP contribution in [0.2, 0.25) is 0 Å². The van der Waals surface area contributed by atoms with Gasteiger partial charge in [-0.3, -0.25) is 0 Å². The van der Waals surface area contributed by atoms with Gasteiger partial charge in [-0.05, 0) is 18.4 Å². The molecule has 0 saturated carbocycles. The van der Waals surface area contributed by atoms with E-state index in [9.17, 15) is 4.79 Å². The number of carbonyl (C=O) groups is 1. The Kier molecular flexibility index (Phi) is 7.71. The fourth-order valence-electron chi connectivity index (χ4n) is 2.16.